The monoisotopic (exact) mass is 254 g/mol. The van der Waals surface area contributed by atoms with E-state index in [1.54, 1.807) is 25.1 Å². The van der Waals surface area contributed by atoms with Crippen molar-refractivity contribution in [2.75, 3.05) is 12.8 Å². The summed E-state index contributed by atoms with van der Waals surface area (Å²) in [5.74, 6) is 1.39. The Hall–Kier alpha value is -1.34. The van der Waals surface area contributed by atoms with Gasteiger partial charge in [-0.1, -0.05) is 29.2 Å². The summed E-state index contributed by atoms with van der Waals surface area (Å²) in [6, 6.07) is 3.86. The molecule has 2 aromatic heterocycles. The number of hydrogen-bond donors (Lipinski definition) is 1. The van der Waals surface area contributed by atoms with E-state index >= 15 is 0 Å². The van der Waals surface area contributed by atoms with E-state index in [9.17, 15) is 0 Å². The maximum atomic E-state index is 5.50. The number of hydrogen-bond acceptors (Lipinski definition) is 7. The molecular formula is C9H10N4OS2. The molecule has 0 aliphatic heterocycles. The second kappa shape index (κ2) is 5.13. The van der Waals surface area contributed by atoms with E-state index in [0.717, 1.165) is 15.7 Å². The van der Waals surface area contributed by atoms with Gasteiger partial charge in [-0.2, -0.15) is 0 Å². The standard InChI is InChI=1S/C9H10N4OS2/c1-14-7-6(3-2-4-11-7)5-15-9-13-12-8(10)16-9/h2-4H,5H2,1H3,(H2,10,12). The van der Waals surface area contributed by atoms with Gasteiger partial charge in [0.25, 0.3) is 0 Å². The van der Waals surface area contributed by atoms with Crippen molar-refractivity contribution in [2.45, 2.75) is 10.1 Å². The Balaban J connectivity index is 2.04. The molecule has 5 nitrogen and oxygen atoms in total. The third-order valence-corrected chi connectivity index (χ3v) is 3.75. The fourth-order valence-electron chi connectivity index (χ4n) is 1.14. The van der Waals surface area contributed by atoms with Gasteiger partial charge in [0.2, 0.25) is 11.0 Å². The average Bonchev–Trinajstić information content (AvgIpc) is 2.73. The molecule has 0 bridgehead atoms. The first kappa shape index (κ1) is 11.2. The van der Waals surface area contributed by atoms with Crippen molar-refractivity contribution in [1.29, 1.82) is 0 Å². The molecule has 0 aromatic carbocycles. The third kappa shape index (κ3) is 2.61. The largest absolute Gasteiger partial charge is 0.481 e. The zero-order valence-electron chi connectivity index (χ0n) is 8.58. The highest BCUT2D eigenvalue weighted by molar-refractivity contribution is 8.00. The number of ether oxygens (including phenoxy) is 1. The molecule has 0 spiro atoms. The zero-order chi connectivity index (χ0) is 11.4. The highest BCUT2D eigenvalue weighted by Crippen LogP contribution is 2.29. The minimum absolute atomic E-state index is 0.487. The Morgan fingerprint density at radius 3 is 3.06 bits per heavy atom. The molecule has 0 radical (unpaired) electrons. The molecule has 16 heavy (non-hydrogen) atoms. The van der Waals surface area contributed by atoms with E-state index in [1.165, 1.54) is 11.3 Å². The fraction of sp³-hybridized carbons (Fsp3) is 0.222. The normalized spacial score (nSPS) is 10.3. The number of rotatable bonds is 4. The van der Waals surface area contributed by atoms with Gasteiger partial charge < -0.3 is 10.5 Å². The molecular weight excluding hydrogens is 244 g/mol. The molecule has 2 N–H and O–H groups in total. The highest BCUT2D eigenvalue weighted by Gasteiger charge is 2.06. The summed E-state index contributed by atoms with van der Waals surface area (Å²) in [5, 5.41) is 8.17. The molecule has 0 amide bonds. The summed E-state index contributed by atoms with van der Waals surface area (Å²) in [6.07, 6.45) is 1.70. The minimum Gasteiger partial charge on any atom is -0.481 e. The molecule has 0 fully saturated rings. The van der Waals surface area contributed by atoms with Crippen LogP contribution in [0.3, 0.4) is 0 Å². The molecule has 2 rings (SSSR count). The first-order valence-corrected chi connectivity index (χ1v) is 6.29. The van der Waals surface area contributed by atoms with Crippen LogP contribution in [0.1, 0.15) is 5.56 Å². The van der Waals surface area contributed by atoms with Gasteiger partial charge in [-0.3, -0.25) is 0 Å². The third-order valence-electron chi connectivity index (χ3n) is 1.82. The van der Waals surface area contributed by atoms with Crippen molar-refractivity contribution >= 4 is 28.2 Å². The van der Waals surface area contributed by atoms with Crippen molar-refractivity contribution < 1.29 is 4.74 Å². The zero-order valence-corrected chi connectivity index (χ0v) is 10.2. The van der Waals surface area contributed by atoms with Gasteiger partial charge in [-0.25, -0.2) is 4.98 Å². The predicted octanol–water partition coefficient (Wildman–Crippen LogP) is 1.82. The molecule has 0 aliphatic rings. The van der Waals surface area contributed by atoms with Crippen molar-refractivity contribution in [3.63, 3.8) is 0 Å². The van der Waals surface area contributed by atoms with E-state index in [2.05, 4.69) is 15.2 Å². The number of methoxy groups -OCH3 is 1. The van der Waals surface area contributed by atoms with E-state index in [-0.39, 0.29) is 0 Å². The molecule has 2 aromatic rings. The summed E-state index contributed by atoms with van der Waals surface area (Å²) in [5.41, 5.74) is 6.53. The van der Waals surface area contributed by atoms with Crippen LogP contribution in [0.25, 0.3) is 0 Å². The molecule has 0 saturated heterocycles. The second-order valence-corrected chi connectivity index (χ2v) is 5.10. The molecule has 2 heterocycles. The van der Waals surface area contributed by atoms with Crippen LogP contribution in [0.5, 0.6) is 5.88 Å². The van der Waals surface area contributed by atoms with Gasteiger partial charge in [-0.15, -0.1) is 10.2 Å². The number of anilines is 1. The Bertz CT molecular complexity index is 474. The first-order valence-electron chi connectivity index (χ1n) is 4.49. The van der Waals surface area contributed by atoms with Crippen LogP contribution in [0, 0.1) is 0 Å². The van der Waals surface area contributed by atoms with Gasteiger partial charge in [0.05, 0.1) is 7.11 Å². The number of pyridine rings is 1. The van der Waals surface area contributed by atoms with Gasteiger partial charge in [0, 0.05) is 17.5 Å². The molecule has 0 aliphatic carbocycles. The molecule has 84 valence electrons. The smallest absolute Gasteiger partial charge is 0.217 e. The molecule has 7 heteroatoms. The lowest BCUT2D eigenvalue weighted by Crippen LogP contribution is -1.92. The number of nitrogens with zero attached hydrogens (tertiary/aromatic N) is 3. The highest BCUT2D eigenvalue weighted by atomic mass is 32.2. The molecule has 0 saturated carbocycles. The lowest BCUT2D eigenvalue weighted by Gasteiger charge is -2.04. The molecule has 0 unspecified atom stereocenters. The summed E-state index contributed by atoms with van der Waals surface area (Å²) in [4.78, 5) is 4.12. The summed E-state index contributed by atoms with van der Waals surface area (Å²) < 4.78 is 6.01. The predicted molar refractivity (Wildman–Crippen MR) is 64.7 cm³/mol. The van der Waals surface area contributed by atoms with Crippen LogP contribution in [0.2, 0.25) is 0 Å². The lowest BCUT2D eigenvalue weighted by atomic mass is 10.3. The van der Waals surface area contributed by atoms with Gasteiger partial charge in [-0.05, 0) is 6.07 Å². The van der Waals surface area contributed by atoms with Crippen LogP contribution in [-0.2, 0) is 5.75 Å². The van der Waals surface area contributed by atoms with Crippen LogP contribution in [0.15, 0.2) is 22.7 Å². The quantitative estimate of drug-likeness (QED) is 0.839. The number of nitrogen functional groups attached to an aromatic ring is 1. The average molecular weight is 254 g/mol. The Morgan fingerprint density at radius 1 is 1.50 bits per heavy atom. The summed E-state index contributed by atoms with van der Waals surface area (Å²) in [7, 11) is 1.61. The lowest BCUT2D eigenvalue weighted by molar-refractivity contribution is 0.394. The maximum absolute atomic E-state index is 5.50. The van der Waals surface area contributed by atoms with Gasteiger partial charge in [0.15, 0.2) is 4.34 Å². The number of aromatic nitrogens is 3. The Labute approximate surface area is 101 Å². The Kier molecular flexibility index (Phi) is 3.58. The number of thioether (sulfide) groups is 1. The Morgan fingerprint density at radius 2 is 2.38 bits per heavy atom. The van der Waals surface area contributed by atoms with Crippen molar-refractivity contribution in [1.82, 2.24) is 15.2 Å². The van der Waals surface area contributed by atoms with Crippen molar-refractivity contribution in [2.24, 2.45) is 0 Å². The first-order chi connectivity index (χ1) is 7.79. The van der Waals surface area contributed by atoms with E-state index in [0.29, 0.717) is 11.0 Å². The topological polar surface area (TPSA) is 73.9 Å². The van der Waals surface area contributed by atoms with E-state index in [1.807, 2.05) is 12.1 Å². The van der Waals surface area contributed by atoms with Crippen molar-refractivity contribution in [3.05, 3.63) is 23.9 Å². The second-order valence-electron chi connectivity index (χ2n) is 2.87. The van der Waals surface area contributed by atoms with Crippen LogP contribution < -0.4 is 10.5 Å². The van der Waals surface area contributed by atoms with Gasteiger partial charge in [0.1, 0.15) is 0 Å². The van der Waals surface area contributed by atoms with Crippen LogP contribution in [0.4, 0.5) is 5.13 Å². The minimum atomic E-state index is 0.487. The van der Waals surface area contributed by atoms with Crippen LogP contribution in [-0.4, -0.2) is 22.3 Å². The van der Waals surface area contributed by atoms with Gasteiger partial charge >= 0.3 is 0 Å². The SMILES string of the molecule is COc1ncccc1CSc1nnc(N)s1. The fourth-order valence-corrected chi connectivity index (χ4v) is 2.74. The molecule has 0 atom stereocenters. The van der Waals surface area contributed by atoms with E-state index in [4.69, 9.17) is 10.5 Å². The number of nitrogens with two attached hydrogens (primary N) is 1. The summed E-state index contributed by atoms with van der Waals surface area (Å²) >= 11 is 2.95. The van der Waals surface area contributed by atoms with Crippen molar-refractivity contribution in [3.8, 4) is 5.88 Å². The van der Waals surface area contributed by atoms with Crippen LogP contribution >= 0.6 is 23.1 Å². The maximum Gasteiger partial charge on any atom is 0.217 e. The van der Waals surface area contributed by atoms with E-state index < -0.39 is 0 Å². The summed E-state index contributed by atoms with van der Waals surface area (Å²) in [6.45, 7) is 0.